The molecule has 1 atom stereocenters. The van der Waals surface area contributed by atoms with Crippen molar-refractivity contribution >= 4 is 15.9 Å². The Morgan fingerprint density at radius 2 is 2.25 bits per heavy atom. The van der Waals surface area contributed by atoms with Crippen LogP contribution in [-0.2, 0) is 19.4 Å². The first-order valence-corrected chi connectivity index (χ1v) is 7.69. The lowest BCUT2D eigenvalue weighted by Gasteiger charge is -2.12. The van der Waals surface area contributed by atoms with Crippen molar-refractivity contribution in [2.75, 3.05) is 0 Å². The molecule has 0 saturated heterocycles. The van der Waals surface area contributed by atoms with Crippen LogP contribution in [0.5, 0.6) is 0 Å². The molecule has 5 heteroatoms. The standard InChI is InChI=1S/C15H20BrN3O/c1-3-19-14(15(16)11(2)18-19)9-13(20)7-6-12-5-4-8-17-10-12/h4-5,8,10,13,20H,3,6-7,9H2,1-2H3. The monoisotopic (exact) mass is 337 g/mol. The summed E-state index contributed by atoms with van der Waals surface area (Å²) in [6, 6.07) is 3.96. The number of hydrogen-bond acceptors (Lipinski definition) is 3. The second-order valence-corrected chi connectivity index (χ2v) is 5.71. The maximum absolute atomic E-state index is 10.2. The molecule has 0 aliphatic rings. The summed E-state index contributed by atoms with van der Waals surface area (Å²) in [4.78, 5) is 4.09. The van der Waals surface area contributed by atoms with Gasteiger partial charge in [-0.3, -0.25) is 9.67 Å². The van der Waals surface area contributed by atoms with E-state index < -0.39 is 0 Å². The fraction of sp³-hybridized carbons (Fsp3) is 0.467. The van der Waals surface area contributed by atoms with E-state index in [9.17, 15) is 5.11 Å². The number of hydrogen-bond donors (Lipinski definition) is 1. The molecule has 0 aromatic carbocycles. The zero-order valence-corrected chi connectivity index (χ0v) is 13.5. The van der Waals surface area contributed by atoms with Crippen molar-refractivity contribution in [3.8, 4) is 0 Å². The Labute approximate surface area is 128 Å². The topological polar surface area (TPSA) is 50.9 Å². The van der Waals surface area contributed by atoms with Crippen LogP contribution < -0.4 is 0 Å². The van der Waals surface area contributed by atoms with E-state index in [1.807, 2.05) is 29.9 Å². The van der Waals surface area contributed by atoms with Gasteiger partial charge in [0.25, 0.3) is 0 Å². The third-order valence-electron chi connectivity index (χ3n) is 3.37. The summed E-state index contributed by atoms with van der Waals surface area (Å²) < 4.78 is 2.96. The lowest BCUT2D eigenvalue weighted by Crippen LogP contribution is -2.15. The zero-order valence-electron chi connectivity index (χ0n) is 11.9. The maximum atomic E-state index is 10.2. The number of aliphatic hydroxyl groups excluding tert-OH is 1. The zero-order chi connectivity index (χ0) is 14.5. The molecule has 2 rings (SSSR count). The Hall–Kier alpha value is -1.20. The van der Waals surface area contributed by atoms with Crippen LogP contribution in [0.3, 0.4) is 0 Å². The molecule has 0 spiro atoms. The molecule has 0 amide bonds. The highest BCUT2D eigenvalue weighted by molar-refractivity contribution is 9.10. The highest BCUT2D eigenvalue weighted by Crippen LogP contribution is 2.23. The second-order valence-electron chi connectivity index (χ2n) is 4.92. The fourth-order valence-electron chi connectivity index (χ4n) is 2.27. The van der Waals surface area contributed by atoms with E-state index >= 15 is 0 Å². The Morgan fingerprint density at radius 1 is 1.45 bits per heavy atom. The van der Waals surface area contributed by atoms with Crippen molar-refractivity contribution in [2.24, 2.45) is 0 Å². The van der Waals surface area contributed by atoms with Gasteiger partial charge in [0.2, 0.25) is 0 Å². The van der Waals surface area contributed by atoms with Gasteiger partial charge >= 0.3 is 0 Å². The van der Waals surface area contributed by atoms with E-state index in [1.54, 1.807) is 6.20 Å². The van der Waals surface area contributed by atoms with Crippen molar-refractivity contribution in [1.82, 2.24) is 14.8 Å². The predicted octanol–water partition coefficient (Wildman–Crippen LogP) is 2.91. The first kappa shape index (κ1) is 15.2. The SMILES string of the molecule is CCn1nc(C)c(Br)c1CC(O)CCc1cccnc1. The molecule has 1 unspecified atom stereocenters. The molecule has 0 radical (unpaired) electrons. The minimum atomic E-state index is -0.368. The van der Waals surface area contributed by atoms with Crippen LogP contribution in [0.2, 0.25) is 0 Å². The smallest absolute Gasteiger partial charge is 0.0738 e. The van der Waals surface area contributed by atoms with Gasteiger partial charge in [0.15, 0.2) is 0 Å². The van der Waals surface area contributed by atoms with Crippen LogP contribution in [0, 0.1) is 6.92 Å². The number of halogens is 1. The quantitative estimate of drug-likeness (QED) is 0.881. The molecular formula is C15H20BrN3O. The van der Waals surface area contributed by atoms with Crippen LogP contribution in [0.15, 0.2) is 29.0 Å². The first-order valence-electron chi connectivity index (χ1n) is 6.90. The van der Waals surface area contributed by atoms with Crippen LogP contribution in [0.4, 0.5) is 0 Å². The molecule has 4 nitrogen and oxygen atoms in total. The highest BCUT2D eigenvalue weighted by atomic mass is 79.9. The van der Waals surface area contributed by atoms with Crippen LogP contribution in [0.1, 0.15) is 30.3 Å². The molecule has 2 aromatic heterocycles. The second kappa shape index (κ2) is 6.99. The summed E-state index contributed by atoms with van der Waals surface area (Å²) in [5.41, 5.74) is 3.20. The highest BCUT2D eigenvalue weighted by Gasteiger charge is 2.16. The molecule has 108 valence electrons. The summed E-state index contributed by atoms with van der Waals surface area (Å²) in [7, 11) is 0. The lowest BCUT2D eigenvalue weighted by molar-refractivity contribution is 0.162. The van der Waals surface area contributed by atoms with E-state index in [4.69, 9.17) is 0 Å². The third-order valence-corrected chi connectivity index (χ3v) is 4.40. The van der Waals surface area contributed by atoms with Gasteiger partial charge in [-0.25, -0.2) is 0 Å². The molecule has 2 aromatic rings. The number of aryl methyl sites for hydroxylation is 3. The Balaban J connectivity index is 1.96. The van der Waals surface area contributed by atoms with Gasteiger partial charge in [-0.2, -0.15) is 5.10 Å². The van der Waals surface area contributed by atoms with Crippen LogP contribution in [-0.4, -0.2) is 26.0 Å². The average Bonchev–Trinajstić information content (AvgIpc) is 2.74. The molecule has 0 saturated carbocycles. The van der Waals surface area contributed by atoms with Crippen molar-refractivity contribution in [1.29, 1.82) is 0 Å². The number of aromatic nitrogens is 3. The Morgan fingerprint density at radius 3 is 2.90 bits per heavy atom. The molecule has 0 aliphatic heterocycles. The van der Waals surface area contributed by atoms with Gasteiger partial charge in [0.05, 0.1) is 22.0 Å². The molecule has 20 heavy (non-hydrogen) atoms. The average molecular weight is 338 g/mol. The molecular weight excluding hydrogens is 318 g/mol. The summed E-state index contributed by atoms with van der Waals surface area (Å²) in [5.74, 6) is 0. The van der Waals surface area contributed by atoms with Gasteiger partial charge in [-0.05, 0) is 54.2 Å². The Bertz CT molecular complexity index is 554. The Kier molecular flexibility index (Phi) is 5.31. The summed E-state index contributed by atoms with van der Waals surface area (Å²) in [6.07, 6.45) is 5.43. The van der Waals surface area contributed by atoms with Crippen molar-refractivity contribution in [2.45, 2.75) is 45.8 Å². The van der Waals surface area contributed by atoms with Gasteiger partial charge in [-0.15, -0.1) is 0 Å². The van der Waals surface area contributed by atoms with Crippen molar-refractivity contribution < 1.29 is 5.11 Å². The van der Waals surface area contributed by atoms with E-state index in [-0.39, 0.29) is 6.10 Å². The summed E-state index contributed by atoms with van der Waals surface area (Å²) in [6.45, 7) is 4.85. The van der Waals surface area contributed by atoms with Gasteiger partial charge in [0, 0.05) is 25.4 Å². The largest absolute Gasteiger partial charge is 0.393 e. The number of aliphatic hydroxyl groups is 1. The molecule has 1 N–H and O–H groups in total. The normalized spacial score (nSPS) is 12.6. The third kappa shape index (κ3) is 3.67. The van der Waals surface area contributed by atoms with E-state index in [1.165, 1.54) is 0 Å². The fourth-order valence-corrected chi connectivity index (χ4v) is 2.71. The van der Waals surface area contributed by atoms with Gasteiger partial charge < -0.3 is 5.11 Å². The van der Waals surface area contributed by atoms with Gasteiger partial charge in [0.1, 0.15) is 0 Å². The van der Waals surface area contributed by atoms with Gasteiger partial charge in [-0.1, -0.05) is 6.07 Å². The summed E-state index contributed by atoms with van der Waals surface area (Å²) >= 11 is 3.56. The lowest BCUT2D eigenvalue weighted by atomic mass is 10.0. The number of nitrogens with zero attached hydrogens (tertiary/aromatic N) is 3. The van der Waals surface area contributed by atoms with E-state index in [0.717, 1.165) is 40.8 Å². The number of pyridine rings is 1. The maximum Gasteiger partial charge on any atom is 0.0738 e. The molecule has 0 aliphatic carbocycles. The van der Waals surface area contributed by atoms with Crippen molar-refractivity contribution in [3.63, 3.8) is 0 Å². The van der Waals surface area contributed by atoms with E-state index in [2.05, 4.69) is 32.9 Å². The first-order chi connectivity index (χ1) is 9.61. The van der Waals surface area contributed by atoms with E-state index in [0.29, 0.717) is 6.42 Å². The minimum Gasteiger partial charge on any atom is -0.393 e. The molecule has 0 bridgehead atoms. The van der Waals surface area contributed by atoms with Crippen LogP contribution >= 0.6 is 15.9 Å². The number of rotatable bonds is 6. The molecule has 0 fully saturated rings. The minimum absolute atomic E-state index is 0.368. The van der Waals surface area contributed by atoms with Crippen molar-refractivity contribution in [3.05, 3.63) is 46.0 Å². The molecule has 2 heterocycles. The summed E-state index contributed by atoms with van der Waals surface area (Å²) in [5, 5.41) is 14.7. The van der Waals surface area contributed by atoms with Crippen LogP contribution in [0.25, 0.3) is 0 Å². The predicted molar refractivity (Wildman–Crippen MR) is 82.6 cm³/mol.